The van der Waals surface area contributed by atoms with Crippen molar-refractivity contribution in [1.29, 1.82) is 0 Å². The summed E-state index contributed by atoms with van der Waals surface area (Å²) in [7, 11) is -3.69. The van der Waals surface area contributed by atoms with Gasteiger partial charge in [0.05, 0.1) is 10.9 Å². The van der Waals surface area contributed by atoms with Crippen LogP contribution in [0.5, 0.6) is 0 Å². The fraction of sp³-hybridized carbons (Fsp3) is 0.409. The minimum Gasteiger partial charge on any atom is -0.349 e. The molecular weight excluding hydrogens is 423 g/mol. The maximum atomic E-state index is 14.0. The van der Waals surface area contributed by atoms with Crippen molar-refractivity contribution in [2.75, 3.05) is 12.3 Å². The molecule has 1 atom stereocenters. The van der Waals surface area contributed by atoms with Crippen LogP contribution < -0.4 is 10.0 Å². The number of sulfonamides is 1. The Morgan fingerprint density at radius 1 is 1.17 bits per heavy atom. The molecule has 0 saturated carbocycles. The highest BCUT2D eigenvalue weighted by Crippen LogP contribution is 2.37. The summed E-state index contributed by atoms with van der Waals surface area (Å²) in [6, 6.07) is 11.4. The van der Waals surface area contributed by atoms with E-state index in [1.165, 1.54) is 17.8 Å². The summed E-state index contributed by atoms with van der Waals surface area (Å²) in [4.78, 5) is 13.1. The predicted octanol–water partition coefficient (Wildman–Crippen LogP) is 4.14. The number of fused-ring (bicyclic) bond motifs is 1. The molecule has 0 aliphatic carbocycles. The van der Waals surface area contributed by atoms with Crippen LogP contribution in [0.15, 0.2) is 52.3 Å². The molecule has 2 N–H and O–H groups in total. The Balaban J connectivity index is 1.55. The molecule has 0 spiro atoms. The van der Waals surface area contributed by atoms with E-state index < -0.39 is 10.0 Å². The molecule has 30 heavy (non-hydrogen) atoms. The number of carbonyl (C=O) groups excluding carboxylic acids is 1. The van der Waals surface area contributed by atoms with Crippen LogP contribution in [0.1, 0.15) is 50.8 Å². The molecule has 1 unspecified atom stereocenters. The molecule has 1 aliphatic rings. The average Bonchev–Trinajstić information content (AvgIpc) is 2.68. The van der Waals surface area contributed by atoms with E-state index in [0.29, 0.717) is 11.3 Å². The van der Waals surface area contributed by atoms with Crippen LogP contribution in [0.25, 0.3) is 0 Å². The summed E-state index contributed by atoms with van der Waals surface area (Å²) in [6.45, 7) is 6.17. The van der Waals surface area contributed by atoms with Gasteiger partial charge in [0.1, 0.15) is 5.82 Å². The van der Waals surface area contributed by atoms with Gasteiger partial charge in [-0.1, -0.05) is 45.0 Å². The van der Waals surface area contributed by atoms with Crippen LogP contribution in [-0.4, -0.2) is 26.6 Å². The molecule has 0 aromatic heterocycles. The molecule has 2 aromatic rings. The van der Waals surface area contributed by atoms with E-state index >= 15 is 0 Å². The number of hydrogen-bond donors (Lipinski definition) is 2. The van der Waals surface area contributed by atoms with E-state index in [1.807, 2.05) is 6.07 Å². The van der Waals surface area contributed by atoms with Crippen LogP contribution in [0.4, 0.5) is 4.39 Å². The van der Waals surface area contributed by atoms with Gasteiger partial charge in [0, 0.05) is 23.6 Å². The molecule has 2 aromatic carbocycles. The molecule has 3 rings (SSSR count). The zero-order valence-corrected chi connectivity index (χ0v) is 19.0. The second kappa shape index (κ2) is 9.08. The first-order chi connectivity index (χ1) is 14.1. The predicted molar refractivity (Wildman–Crippen MR) is 118 cm³/mol. The first-order valence-corrected chi connectivity index (χ1v) is 12.4. The number of rotatable bonds is 6. The van der Waals surface area contributed by atoms with Crippen molar-refractivity contribution >= 4 is 27.7 Å². The second-order valence-corrected chi connectivity index (χ2v) is 11.2. The minimum absolute atomic E-state index is 0.00727. The molecule has 0 fully saturated rings. The molecule has 1 amide bonds. The van der Waals surface area contributed by atoms with Gasteiger partial charge in [-0.25, -0.2) is 17.5 Å². The van der Waals surface area contributed by atoms with Crippen LogP contribution in [0.2, 0.25) is 0 Å². The number of amides is 1. The summed E-state index contributed by atoms with van der Waals surface area (Å²) in [5, 5.41) is 2.90. The fourth-order valence-electron chi connectivity index (χ4n) is 3.32. The van der Waals surface area contributed by atoms with Crippen molar-refractivity contribution < 1.29 is 17.6 Å². The van der Waals surface area contributed by atoms with Crippen LogP contribution in [0, 0.1) is 5.82 Å². The lowest BCUT2D eigenvalue weighted by Gasteiger charge is -2.26. The second-order valence-electron chi connectivity index (χ2n) is 8.34. The quantitative estimate of drug-likeness (QED) is 0.693. The Morgan fingerprint density at radius 2 is 1.87 bits per heavy atom. The van der Waals surface area contributed by atoms with E-state index in [1.54, 1.807) is 30.3 Å². The zero-order valence-electron chi connectivity index (χ0n) is 17.4. The standard InChI is InChI=1S/C22H27FN2O3S2/c1-22(2,3)15-7-9-16(10-8-15)30(27,28)24-13-11-20(26)25-19-12-14-29-21-17(19)5-4-6-18(21)23/h4-10,19,24H,11-14H2,1-3H3,(H,25,26). The summed E-state index contributed by atoms with van der Waals surface area (Å²) >= 11 is 1.45. The van der Waals surface area contributed by atoms with Gasteiger partial charge >= 0.3 is 0 Å². The van der Waals surface area contributed by atoms with Gasteiger partial charge in [-0.2, -0.15) is 0 Å². The Kier molecular flexibility index (Phi) is 6.89. The first kappa shape index (κ1) is 22.8. The number of benzene rings is 2. The smallest absolute Gasteiger partial charge is 0.240 e. The number of carbonyl (C=O) groups is 1. The maximum absolute atomic E-state index is 14.0. The van der Waals surface area contributed by atoms with Crippen molar-refractivity contribution in [3.8, 4) is 0 Å². The van der Waals surface area contributed by atoms with Crippen molar-refractivity contribution in [3.63, 3.8) is 0 Å². The third-order valence-electron chi connectivity index (χ3n) is 5.04. The van der Waals surface area contributed by atoms with Crippen LogP contribution >= 0.6 is 11.8 Å². The van der Waals surface area contributed by atoms with E-state index in [2.05, 4.69) is 30.8 Å². The minimum atomic E-state index is -3.69. The van der Waals surface area contributed by atoms with E-state index in [9.17, 15) is 17.6 Å². The highest BCUT2D eigenvalue weighted by Gasteiger charge is 2.24. The molecule has 1 heterocycles. The number of halogens is 1. The molecule has 0 saturated heterocycles. The first-order valence-electron chi connectivity index (χ1n) is 9.89. The Bertz CT molecular complexity index is 1020. The van der Waals surface area contributed by atoms with E-state index in [0.717, 1.165) is 16.9 Å². The SMILES string of the molecule is CC(C)(C)c1ccc(S(=O)(=O)NCCC(=O)NC2CCSc3c(F)cccc32)cc1. The lowest BCUT2D eigenvalue weighted by atomic mass is 9.87. The van der Waals surface area contributed by atoms with Crippen molar-refractivity contribution in [2.24, 2.45) is 0 Å². The van der Waals surface area contributed by atoms with Crippen LogP contribution in [-0.2, 0) is 20.2 Å². The van der Waals surface area contributed by atoms with E-state index in [-0.39, 0.29) is 41.0 Å². The van der Waals surface area contributed by atoms with Gasteiger partial charge in [0.15, 0.2) is 0 Å². The molecule has 0 bridgehead atoms. The van der Waals surface area contributed by atoms with E-state index in [4.69, 9.17) is 0 Å². The molecule has 0 radical (unpaired) electrons. The molecule has 162 valence electrons. The van der Waals surface area contributed by atoms with Crippen LogP contribution in [0.3, 0.4) is 0 Å². The maximum Gasteiger partial charge on any atom is 0.240 e. The lowest BCUT2D eigenvalue weighted by molar-refractivity contribution is -0.121. The summed E-state index contributed by atoms with van der Waals surface area (Å²) in [5.41, 5.74) is 1.76. The number of thioether (sulfide) groups is 1. The van der Waals surface area contributed by atoms with Gasteiger partial charge in [-0.3, -0.25) is 4.79 Å². The molecule has 1 aliphatic heterocycles. The largest absolute Gasteiger partial charge is 0.349 e. The number of hydrogen-bond acceptors (Lipinski definition) is 4. The normalized spacial score (nSPS) is 16.7. The molecule has 5 nitrogen and oxygen atoms in total. The molecule has 8 heteroatoms. The fourth-order valence-corrected chi connectivity index (χ4v) is 5.49. The Labute approximate surface area is 181 Å². The summed E-state index contributed by atoms with van der Waals surface area (Å²) in [6.07, 6.45) is 0.715. The summed E-state index contributed by atoms with van der Waals surface area (Å²) < 4.78 is 41.4. The van der Waals surface area contributed by atoms with Gasteiger partial charge in [0.2, 0.25) is 15.9 Å². The third kappa shape index (κ3) is 5.42. The number of nitrogens with one attached hydrogen (secondary N) is 2. The average molecular weight is 451 g/mol. The molecular formula is C22H27FN2O3S2. The highest BCUT2D eigenvalue weighted by molar-refractivity contribution is 7.99. The van der Waals surface area contributed by atoms with Gasteiger partial charge in [-0.05, 0) is 41.2 Å². The Morgan fingerprint density at radius 3 is 2.53 bits per heavy atom. The van der Waals surface area contributed by atoms with Gasteiger partial charge < -0.3 is 5.32 Å². The summed E-state index contributed by atoms with van der Waals surface area (Å²) in [5.74, 6) is 0.172. The lowest BCUT2D eigenvalue weighted by Crippen LogP contribution is -2.34. The third-order valence-corrected chi connectivity index (χ3v) is 7.67. The van der Waals surface area contributed by atoms with Crippen molar-refractivity contribution in [3.05, 3.63) is 59.4 Å². The highest BCUT2D eigenvalue weighted by atomic mass is 32.2. The van der Waals surface area contributed by atoms with Crippen molar-refractivity contribution in [1.82, 2.24) is 10.0 Å². The van der Waals surface area contributed by atoms with Gasteiger partial charge in [0.25, 0.3) is 0 Å². The van der Waals surface area contributed by atoms with Crippen molar-refractivity contribution in [2.45, 2.75) is 54.9 Å². The Hall–Kier alpha value is -1.90. The van der Waals surface area contributed by atoms with Gasteiger partial charge in [-0.15, -0.1) is 11.8 Å². The topological polar surface area (TPSA) is 75.3 Å². The zero-order chi connectivity index (χ0) is 21.9. The monoisotopic (exact) mass is 450 g/mol.